The minimum atomic E-state index is -3.18. The maximum absolute atomic E-state index is 15.4. The lowest BCUT2D eigenvalue weighted by atomic mass is 9.96. The lowest BCUT2D eigenvalue weighted by Crippen LogP contribution is -2.24. The van der Waals surface area contributed by atoms with E-state index in [0.29, 0.717) is 0 Å². The van der Waals surface area contributed by atoms with E-state index in [1.54, 1.807) is 0 Å². The molecule has 0 amide bonds. The van der Waals surface area contributed by atoms with Crippen molar-refractivity contribution in [3.8, 4) is 11.1 Å². The van der Waals surface area contributed by atoms with Crippen LogP contribution in [0.25, 0.3) is 71.0 Å². The number of nitrogens with zero attached hydrogens (tertiary/aromatic N) is 2. The van der Waals surface area contributed by atoms with Crippen molar-refractivity contribution >= 4 is 83.0 Å². The molecule has 0 radical (unpaired) electrons. The van der Waals surface area contributed by atoms with Crippen molar-refractivity contribution in [2.45, 2.75) is 0 Å². The van der Waals surface area contributed by atoms with Crippen molar-refractivity contribution in [1.29, 1.82) is 0 Å². The largest absolute Gasteiger partial charge is 0.309 e. The third-order valence-electron chi connectivity index (χ3n) is 10.0. The topological polar surface area (TPSA) is 34.4 Å². The van der Waals surface area contributed by atoms with Crippen LogP contribution in [-0.4, -0.2) is 9.38 Å². The predicted molar refractivity (Wildman–Crippen MR) is 208 cm³/mol. The lowest BCUT2D eigenvalue weighted by Gasteiger charge is -2.20. The van der Waals surface area contributed by atoms with Crippen LogP contribution in [0.1, 0.15) is 0 Å². The number of hydrogen-bond acceptors (Lipinski definition) is 2. The van der Waals surface area contributed by atoms with Crippen LogP contribution in [0.15, 0.2) is 176 Å². The van der Waals surface area contributed by atoms with Gasteiger partial charge in [-0.15, -0.1) is 0 Å². The third kappa shape index (κ3) is 4.23. The molecule has 0 bridgehead atoms. The summed E-state index contributed by atoms with van der Waals surface area (Å²) in [5, 5.41) is 10.8. The van der Waals surface area contributed by atoms with Gasteiger partial charge < -0.3 is 4.57 Å². The Hall–Kier alpha value is -6.02. The fraction of sp³-hybridized carbons (Fsp3) is 0. The Morgan fingerprint density at radius 3 is 1.76 bits per heavy atom. The second-order valence-electron chi connectivity index (χ2n) is 12.7. The van der Waals surface area contributed by atoms with Crippen molar-refractivity contribution in [3.05, 3.63) is 176 Å². The first-order chi connectivity index (χ1) is 24.2. The van der Waals surface area contributed by atoms with Gasteiger partial charge in [-0.2, -0.15) is 0 Å². The molecule has 0 atom stereocenters. The molecule has 0 unspecified atom stereocenters. The molecule has 0 aliphatic heterocycles. The molecule has 3 nitrogen and oxygen atoms in total. The third-order valence-corrected chi connectivity index (χ3v) is 13.1. The zero-order valence-electron chi connectivity index (χ0n) is 26.5. The van der Waals surface area contributed by atoms with E-state index >= 15 is 4.57 Å². The standard InChI is InChI=1S/C45H29N2OP/c48-49(34-12-3-1-4-13-34,35-14-5-2-6-15-35)36-23-26-42-44(29-36)47-43-28-32(22-25-40(43)39-17-9-10-18-41(39)45(47)46-42)31-21-24-38-33(27-31)20-19-30-11-7-8-16-37(30)38/h1-29H. The molecule has 0 fully saturated rings. The van der Waals surface area contributed by atoms with Crippen LogP contribution in [0.2, 0.25) is 0 Å². The number of rotatable bonds is 4. The smallest absolute Gasteiger partial charge is 0.171 e. The van der Waals surface area contributed by atoms with Gasteiger partial charge in [-0.25, -0.2) is 4.98 Å². The van der Waals surface area contributed by atoms with Gasteiger partial charge in [-0.05, 0) is 68.4 Å². The molecule has 2 aromatic heterocycles. The normalized spacial score (nSPS) is 12.2. The molecule has 10 rings (SSSR count). The molecule has 49 heavy (non-hydrogen) atoms. The Labute approximate surface area is 283 Å². The summed E-state index contributed by atoms with van der Waals surface area (Å²) >= 11 is 0. The van der Waals surface area contributed by atoms with Gasteiger partial charge in [0.25, 0.3) is 0 Å². The highest BCUT2D eigenvalue weighted by molar-refractivity contribution is 7.85. The van der Waals surface area contributed by atoms with Crippen LogP contribution < -0.4 is 15.9 Å². The monoisotopic (exact) mass is 644 g/mol. The molecule has 230 valence electrons. The van der Waals surface area contributed by atoms with Crippen LogP contribution in [0.4, 0.5) is 0 Å². The van der Waals surface area contributed by atoms with E-state index in [9.17, 15) is 0 Å². The van der Waals surface area contributed by atoms with E-state index < -0.39 is 7.14 Å². The number of aromatic nitrogens is 2. The highest BCUT2D eigenvalue weighted by Gasteiger charge is 2.30. The zero-order valence-corrected chi connectivity index (χ0v) is 27.4. The van der Waals surface area contributed by atoms with Gasteiger partial charge in [-0.3, -0.25) is 4.40 Å². The van der Waals surface area contributed by atoms with Crippen LogP contribution in [-0.2, 0) is 4.57 Å². The second kappa shape index (κ2) is 10.8. The molecule has 10 aromatic rings. The van der Waals surface area contributed by atoms with E-state index in [-0.39, 0.29) is 0 Å². The first-order valence-electron chi connectivity index (χ1n) is 16.6. The molecular formula is C45H29N2OP. The minimum Gasteiger partial charge on any atom is -0.309 e. The maximum Gasteiger partial charge on any atom is 0.171 e. The Balaban J connectivity index is 1.25. The summed E-state index contributed by atoms with van der Waals surface area (Å²) in [6.45, 7) is 0. The Morgan fingerprint density at radius 1 is 0.408 bits per heavy atom. The number of hydrogen-bond donors (Lipinski definition) is 0. The fourth-order valence-corrected chi connectivity index (χ4v) is 10.3. The molecule has 0 N–H and O–H groups in total. The zero-order chi connectivity index (χ0) is 32.5. The van der Waals surface area contributed by atoms with Gasteiger partial charge in [0.1, 0.15) is 5.65 Å². The van der Waals surface area contributed by atoms with Gasteiger partial charge >= 0.3 is 0 Å². The van der Waals surface area contributed by atoms with E-state index in [4.69, 9.17) is 4.98 Å². The maximum atomic E-state index is 15.4. The lowest BCUT2D eigenvalue weighted by molar-refractivity contribution is 0.592. The molecular weight excluding hydrogens is 615 g/mol. The summed E-state index contributed by atoms with van der Waals surface area (Å²) in [6, 6.07) is 60.9. The van der Waals surface area contributed by atoms with Crippen molar-refractivity contribution in [2.75, 3.05) is 0 Å². The van der Waals surface area contributed by atoms with Gasteiger partial charge in [-0.1, -0.05) is 146 Å². The van der Waals surface area contributed by atoms with Gasteiger partial charge in [0.2, 0.25) is 0 Å². The van der Waals surface area contributed by atoms with E-state index in [1.165, 1.54) is 21.5 Å². The van der Waals surface area contributed by atoms with Gasteiger partial charge in [0.15, 0.2) is 7.14 Å². The number of imidazole rings is 1. The highest BCUT2D eigenvalue weighted by atomic mass is 31.2. The van der Waals surface area contributed by atoms with Crippen LogP contribution in [0, 0.1) is 0 Å². The van der Waals surface area contributed by atoms with E-state index in [0.717, 1.165) is 65.4 Å². The molecule has 0 spiro atoms. The van der Waals surface area contributed by atoms with E-state index in [2.05, 4.69) is 108 Å². The average molecular weight is 645 g/mol. The number of fused-ring (bicyclic) bond motifs is 11. The molecule has 0 saturated heterocycles. The van der Waals surface area contributed by atoms with E-state index in [1.807, 2.05) is 72.8 Å². The van der Waals surface area contributed by atoms with Gasteiger partial charge in [0, 0.05) is 26.7 Å². The summed E-state index contributed by atoms with van der Waals surface area (Å²) in [7, 11) is -3.18. The summed E-state index contributed by atoms with van der Waals surface area (Å²) in [5.74, 6) is 0. The number of benzene rings is 8. The first-order valence-corrected chi connectivity index (χ1v) is 18.3. The summed E-state index contributed by atoms with van der Waals surface area (Å²) < 4.78 is 17.7. The summed E-state index contributed by atoms with van der Waals surface area (Å²) in [5.41, 5.74) is 6.07. The molecule has 4 heteroatoms. The van der Waals surface area contributed by atoms with Crippen LogP contribution >= 0.6 is 7.14 Å². The van der Waals surface area contributed by atoms with Crippen LogP contribution in [0.3, 0.4) is 0 Å². The molecule has 0 aliphatic rings. The Bertz CT molecular complexity index is 2920. The summed E-state index contributed by atoms with van der Waals surface area (Å²) in [4.78, 5) is 5.21. The second-order valence-corrected chi connectivity index (χ2v) is 15.5. The van der Waals surface area contributed by atoms with Gasteiger partial charge in [0.05, 0.1) is 16.6 Å². The Morgan fingerprint density at radius 2 is 1.00 bits per heavy atom. The van der Waals surface area contributed by atoms with Crippen LogP contribution in [0.5, 0.6) is 0 Å². The molecule has 0 aliphatic carbocycles. The Kier molecular flexibility index (Phi) is 6.15. The quantitative estimate of drug-likeness (QED) is 0.141. The predicted octanol–water partition coefficient (Wildman–Crippen LogP) is 10.4. The molecule has 8 aromatic carbocycles. The van der Waals surface area contributed by atoms with Crippen molar-refractivity contribution in [2.24, 2.45) is 0 Å². The average Bonchev–Trinajstić information content (AvgIpc) is 3.57. The first kappa shape index (κ1) is 28.0. The molecule has 2 heterocycles. The minimum absolute atomic E-state index is 0.790. The van der Waals surface area contributed by atoms with Crippen molar-refractivity contribution in [1.82, 2.24) is 9.38 Å². The van der Waals surface area contributed by atoms with Crippen molar-refractivity contribution in [3.63, 3.8) is 0 Å². The molecule has 0 saturated carbocycles. The van der Waals surface area contributed by atoms with Crippen molar-refractivity contribution < 1.29 is 4.57 Å². The highest BCUT2D eigenvalue weighted by Crippen LogP contribution is 2.43. The fourth-order valence-electron chi connectivity index (χ4n) is 7.64. The number of pyridine rings is 1. The SMILES string of the molecule is O=P(c1ccccc1)(c1ccccc1)c1ccc2nc3c4ccccc4c4ccc(-c5ccc6c(ccc7ccccc76)c5)cc4n3c2c1. The summed E-state index contributed by atoms with van der Waals surface area (Å²) in [6.07, 6.45) is 0.